The highest BCUT2D eigenvalue weighted by atomic mass is 16.5. The first-order valence-corrected chi connectivity index (χ1v) is 6.42. The summed E-state index contributed by atoms with van der Waals surface area (Å²) in [5, 5.41) is 2.89. The minimum absolute atomic E-state index is 0.0495. The Morgan fingerprint density at radius 1 is 1.44 bits per heavy atom. The summed E-state index contributed by atoms with van der Waals surface area (Å²) in [4.78, 5) is 12.0. The van der Waals surface area contributed by atoms with Crippen molar-refractivity contribution < 1.29 is 9.53 Å². The van der Waals surface area contributed by atoms with Crippen LogP contribution in [0.3, 0.4) is 0 Å². The van der Waals surface area contributed by atoms with Gasteiger partial charge in [0.15, 0.2) is 0 Å². The summed E-state index contributed by atoms with van der Waals surface area (Å²) >= 11 is 0. The summed E-state index contributed by atoms with van der Waals surface area (Å²) < 4.78 is 5.43. The minimum Gasteiger partial charge on any atom is -0.368 e. The van der Waals surface area contributed by atoms with Gasteiger partial charge in [0.1, 0.15) is 6.10 Å². The van der Waals surface area contributed by atoms with E-state index in [0.29, 0.717) is 19.1 Å². The van der Waals surface area contributed by atoms with Crippen LogP contribution in [0.2, 0.25) is 0 Å². The average Bonchev–Trinajstić information content (AvgIpc) is 2.78. The number of rotatable bonds is 4. The molecule has 1 heterocycles. The van der Waals surface area contributed by atoms with Gasteiger partial charge in [0.2, 0.25) is 0 Å². The van der Waals surface area contributed by atoms with Crippen molar-refractivity contribution in [2.45, 2.75) is 25.9 Å². The van der Waals surface area contributed by atoms with Gasteiger partial charge in [0, 0.05) is 12.3 Å². The van der Waals surface area contributed by atoms with Crippen LogP contribution in [0.4, 0.5) is 5.69 Å². The number of nitrogens with one attached hydrogen (secondary N) is 1. The number of benzene rings is 1. The van der Waals surface area contributed by atoms with Gasteiger partial charge in [-0.2, -0.15) is 0 Å². The molecule has 0 saturated carbocycles. The maximum Gasteiger partial charge on any atom is 0.253 e. The molecular formula is C14H20N2O2. The second kappa shape index (κ2) is 5.98. The van der Waals surface area contributed by atoms with Crippen LogP contribution < -0.4 is 11.1 Å². The van der Waals surface area contributed by atoms with E-state index in [0.717, 1.165) is 18.5 Å². The van der Waals surface area contributed by atoms with Crippen molar-refractivity contribution >= 4 is 11.6 Å². The topological polar surface area (TPSA) is 64.3 Å². The Balaban J connectivity index is 1.94. The predicted molar refractivity (Wildman–Crippen MR) is 71.4 cm³/mol. The molecule has 1 aromatic rings. The molecule has 4 heteroatoms. The van der Waals surface area contributed by atoms with Gasteiger partial charge in [-0.05, 0) is 43.0 Å². The summed E-state index contributed by atoms with van der Waals surface area (Å²) in [6.07, 6.45) is 1.50. The highest BCUT2D eigenvalue weighted by molar-refractivity contribution is 5.94. The third-order valence-corrected chi connectivity index (χ3v) is 3.30. The Labute approximate surface area is 108 Å². The standard InChI is InChI=1S/C14H20N2O2/c1-10-7-9-18-13(10)14(17)16-12-4-2-11(3-5-12)6-8-15/h2-5,10,13H,6-9,15H2,1H3,(H,16,17). The van der Waals surface area contributed by atoms with E-state index in [2.05, 4.69) is 5.32 Å². The molecule has 1 fully saturated rings. The fourth-order valence-electron chi connectivity index (χ4n) is 2.17. The molecule has 2 atom stereocenters. The highest BCUT2D eigenvalue weighted by Gasteiger charge is 2.30. The van der Waals surface area contributed by atoms with Crippen molar-refractivity contribution in [3.8, 4) is 0 Å². The SMILES string of the molecule is CC1CCOC1C(=O)Nc1ccc(CCN)cc1. The Hall–Kier alpha value is -1.39. The molecule has 1 aliphatic rings. The van der Waals surface area contributed by atoms with Crippen molar-refractivity contribution in [2.75, 3.05) is 18.5 Å². The average molecular weight is 248 g/mol. The van der Waals surface area contributed by atoms with Gasteiger partial charge in [0.05, 0.1) is 0 Å². The Kier molecular flexibility index (Phi) is 4.33. The van der Waals surface area contributed by atoms with Crippen molar-refractivity contribution in [2.24, 2.45) is 11.7 Å². The van der Waals surface area contributed by atoms with E-state index in [4.69, 9.17) is 10.5 Å². The Morgan fingerprint density at radius 2 is 2.17 bits per heavy atom. The molecular weight excluding hydrogens is 228 g/mol. The monoisotopic (exact) mass is 248 g/mol. The van der Waals surface area contributed by atoms with Gasteiger partial charge in [-0.25, -0.2) is 0 Å². The molecule has 2 rings (SSSR count). The lowest BCUT2D eigenvalue weighted by molar-refractivity contribution is -0.126. The van der Waals surface area contributed by atoms with Gasteiger partial charge in [-0.3, -0.25) is 4.79 Å². The molecule has 2 unspecified atom stereocenters. The molecule has 0 aromatic heterocycles. The second-order valence-corrected chi connectivity index (χ2v) is 4.78. The molecule has 0 bridgehead atoms. The number of hydrogen-bond acceptors (Lipinski definition) is 3. The van der Waals surface area contributed by atoms with Crippen molar-refractivity contribution in [3.05, 3.63) is 29.8 Å². The first kappa shape index (κ1) is 13.1. The van der Waals surface area contributed by atoms with E-state index in [9.17, 15) is 4.79 Å². The maximum atomic E-state index is 12.0. The molecule has 0 aliphatic carbocycles. The van der Waals surface area contributed by atoms with E-state index >= 15 is 0 Å². The Bertz CT molecular complexity index is 403. The molecule has 18 heavy (non-hydrogen) atoms. The summed E-state index contributed by atoms with van der Waals surface area (Å²) in [5.41, 5.74) is 7.48. The zero-order valence-corrected chi connectivity index (χ0v) is 10.7. The number of hydrogen-bond donors (Lipinski definition) is 2. The van der Waals surface area contributed by atoms with E-state index in [-0.39, 0.29) is 12.0 Å². The normalized spacial score (nSPS) is 23.0. The van der Waals surface area contributed by atoms with Gasteiger partial charge in [-0.15, -0.1) is 0 Å². The lowest BCUT2D eigenvalue weighted by Crippen LogP contribution is -2.31. The molecule has 1 amide bonds. The van der Waals surface area contributed by atoms with Crippen LogP contribution in [0.1, 0.15) is 18.9 Å². The van der Waals surface area contributed by atoms with Crippen LogP contribution in [0.15, 0.2) is 24.3 Å². The summed E-state index contributed by atoms with van der Waals surface area (Å²) in [5.74, 6) is 0.244. The number of nitrogens with two attached hydrogens (primary N) is 1. The van der Waals surface area contributed by atoms with E-state index in [1.54, 1.807) is 0 Å². The molecule has 1 aliphatic heterocycles. The predicted octanol–water partition coefficient (Wildman–Crippen LogP) is 1.55. The lowest BCUT2D eigenvalue weighted by atomic mass is 10.0. The first-order chi connectivity index (χ1) is 8.70. The smallest absolute Gasteiger partial charge is 0.253 e. The van der Waals surface area contributed by atoms with Crippen molar-refractivity contribution in [1.29, 1.82) is 0 Å². The molecule has 0 radical (unpaired) electrons. The second-order valence-electron chi connectivity index (χ2n) is 4.78. The van der Waals surface area contributed by atoms with Gasteiger partial charge in [-0.1, -0.05) is 19.1 Å². The fourth-order valence-corrected chi connectivity index (χ4v) is 2.17. The zero-order valence-electron chi connectivity index (χ0n) is 10.7. The molecule has 3 N–H and O–H groups in total. The van der Waals surface area contributed by atoms with Gasteiger partial charge in [0.25, 0.3) is 5.91 Å². The highest BCUT2D eigenvalue weighted by Crippen LogP contribution is 2.21. The van der Waals surface area contributed by atoms with E-state index < -0.39 is 0 Å². The first-order valence-electron chi connectivity index (χ1n) is 6.42. The largest absolute Gasteiger partial charge is 0.368 e. The zero-order chi connectivity index (χ0) is 13.0. The third kappa shape index (κ3) is 3.09. The molecule has 98 valence electrons. The van der Waals surface area contributed by atoms with Crippen LogP contribution in [-0.4, -0.2) is 25.2 Å². The fraction of sp³-hybridized carbons (Fsp3) is 0.500. The summed E-state index contributed by atoms with van der Waals surface area (Å²) in [6, 6.07) is 7.79. The van der Waals surface area contributed by atoms with Crippen LogP contribution in [0.25, 0.3) is 0 Å². The number of ether oxygens (including phenoxy) is 1. The van der Waals surface area contributed by atoms with Crippen LogP contribution in [0, 0.1) is 5.92 Å². The van der Waals surface area contributed by atoms with Gasteiger partial charge < -0.3 is 15.8 Å². The number of carbonyl (C=O) groups is 1. The molecule has 4 nitrogen and oxygen atoms in total. The van der Waals surface area contributed by atoms with Crippen molar-refractivity contribution in [3.63, 3.8) is 0 Å². The number of amides is 1. The van der Waals surface area contributed by atoms with Crippen molar-refractivity contribution in [1.82, 2.24) is 0 Å². The van der Waals surface area contributed by atoms with Crippen LogP contribution >= 0.6 is 0 Å². The quantitative estimate of drug-likeness (QED) is 0.849. The number of carbonyl (C=O) groups excluding carboxylic acids is 1. The third-order valence-electron chi connectivity index (χ3n) is 3.30. The molecule has 1 aromatic carbocycles. The summed E-state index contributed by atoms with van der Waals surface area (Å²) in [6.45, 7) is 3.36. The minimum atomic E-state index is -0.311. The summed E-state index contributed by atoms with van der Waals surface area (Å²) in [7, 11) is 0. The Morgan fingerprint density at radius 3 is 2.72 bits per heavy atom. The maximum absolute atomic E-state index is 12.0. The van der Waals surface area contributed by atoms with Crippen LogP contribution in [0.5, 0.6) is 0 Å². The van der Waals surface area contributed by atoms with Crippen LogP contribution in [-0.2, 0) is 16.0 Å². The number of anilines is 1. The van der Waals surface area contributed by atoms with Gasteiger partial charge >= 0.3 is 0 Å². The van der Waals surface area contributed by atoms with E-state index in [1.807, 2.05) is 31.2 Å². The van der Waals surface area contributed by atoms with E-state index in [1.165, 1.54) is 5.56 Å². The molecule has 0 spiro atoms. The molecule has 1 saturated heterocycles. The lowest BCUT2D eigenvalue weighted by Gasteiger charge is -2.14.